The number of aromatic nitrogens is 2. The lowest BCUT2D eigenvalue weighted by Crippen LogP contribution is -2.40. The number of thiazole rings is 1. The summed E-state index contributed by atoms with van der Waals surface area (Å²) in [5.74, 6) is -0.181. The van der Waals surface area contributed by atoms with Crippen LogP contribution in [0.25, 0.3) is 6.08 Å². The molecule has 0 radical (unpaired) electrons. The van der Waals surface area contributed by atoms with Gasteiger partial charge in [0.15, 0.2) is 4.80 Å². The van der Waals surface area contributed by atoms with Gasteiger partial charge >= 0.3 is 0 Å². The second-order valence-corrected chi connectivity index (χ2v) is 5.37. The molecular formula is C13H11N3O2S. The molecule has 6 heteroatoms. The van der Waals surface area contributed by atoms with E-state index >= 15 is 0 Å². The fraction of sp³-hybridized carbons (Fsp3) is 0.231. The minimum Gasteiger partial charge on any atom is -0.274 e. The van der Waals surface area contributed by atoms with Gasteiger partial charge in [0.05, 0.1) is 16.3 Å². The first kappa shape index (κ1) is 12.0. The average Bonchev–Trinajstić information content (AvgIpc) is 2.67. The van der Waals surface area contributed by atoms with Crippen molar-refractivity contribution >= 4 is 23.3 Å². The van der Waals surface area contributed by atoms with Crippen LogP contribution in [0.1, 0.15) is 23.8 Å². The maximum absolute atomic E-state index is 12.2. The van der Waals surface area contributed by atoms with Gasteiger partial charge in [-0.1, -0.05) is 17.4 Å². The molecule has 0 spiro atoms. The summed E-state index contributed by atoms with van der Waals surface area (Å²) in [6, 6.07) is 5.41. The highest BCUT2D eigenvalue weighted by molar-refractivity contribution is 7.07. The molecule has 96 valence electrons. The predicted molar refractivity (Wildman–Crippen MR) is 71.9 cm³/mol. The zero-order valence-electron chi connectivity index (χ0n) is 10.2. The van der Waals surface area contributed by atoms with E-state index in [1.54, 1.807) is 12.3 Å². The topological polar surface area (TPSA) is 64.3 Å². The van der Waals surface area contributed by atoms with Gasteiger partial charge in [0, 0.05) is 12.6 Å². The van der Waals surface area contributed by atoms with Crippen LogP contribution in [0.15, 0.2) is 34.2 Å². The third-order valence-corrected chi connectivity index (χ3v) is 3.81. The van der Waals surface area contributed by atoms with Crippen molar-refractivity contribution in [2.45, 2.75) is 19.4 Å². The molecule has 2 aromatic rings. The minimum atomic E-state index is -0.300. The van der Waals surface area contributed by atoms with Crippen LogP contribution in [0, 0.1) is 0 Å². The van der Waals surface area contributed by atoms with Crippen molar-refractivity contribution in [3.8, 4) is 0 Å². The Morgan fingerprint density at radius 3 is 3.00 bits per heavy atom. The Balaban J connectivity index is 2.25. The second-order valence-electron chi connectivity index (χ2n) is 4.36. The fourth-order valence-corrected chi connectivity index (χ4v) is 3.02. The molecule has 0 saturated heterocycles. The molecule has 0 N–H and O–H groups in total. The number of nitrogens with zero attached hydrogens (tertiary/aromatic N) is 3. The van der Waals surface area contributed by atoms with E-state index in [2.05, 4.69) is 9.98 Å². The zero-order valence-corrected chi connectivity index (χ0v) is 11.1. The Kier molecular flexibility index (Phi) is 2.87. The molecule has 0 aliphatic carbocycles. The smallest absolute Gasteiger partial charge is 0.274 e. The first-order valence-electron chi connectivity index (χ1n) is 5.91. The van der Waals surface area contributed by atoms with E-state index in [0.717, 1.165) is 0 Å². The Bertz CT molecular complexity index is 805. The number of fused-ring (bicyclic) bond motifs is 1. The first-order chi connectivity index (χ1) is 9.15. The molecule has 0 aromatic carbocycles. The number of carbonyl (C=O) groups is 1. The Morgan fingerprint density at radius 2 is 2.26 bits per heavy atom. The van der Waals surface area contributed by atoms with Gasteiger partial charge < -0.3 is 0 Å². The van der Waals surface area contributed by atoms with E-state index in [0.29, 0.717) is 15.0 Å². The standard InChI is InChI=1S/C13H11N3O2S/c1-8-6-11(17)16-12(18)10(19-13(16)15-8)7-9-4-2-3-5-14-9/h2-5,7-8H,6H2,1H3. The highest BCUT2D eigenvalue weighted by atomic mass is 32.1. The van der Waals surface area contributed by atoms with Crippen LogP contribution in [-0.4, -0.2) is 21.5 Å². The average molecular weight is 273 g/mol. The van der Waals surface area contributed by atoms with Gasteiger partial charge in [-0.3, -0.25) is 19.6 Å². The van der Waals surface area contributed by atoms with Crippen LogP contribution >= 0.6 is 11.3 Å². The van der Waals surface area contributed by atoms with E-state index in [1.807, 2.05) is 25.1 Å². The van der Waals surface area contributed by atoms with Crippen molar-refractivity contribution in [2.24, 2.45) is 4.99 Å². The van der Waals surface area contributed by atoms with Crippen molar-refractivity contribution in [3.05, 3.63) is 49.8 Å². The lowest BCUT2D eigenvalue weighted by molar-refractivity contribution is 0.0877. The van der Waals surface area contributed by atoms with Gasteiger partial charge in [-0.2, -0.15) is 0 Å². The fourth-order valence-electron chi connectivity index (χ4n) is 1.95. The largest absolute Gasteiger partial charge is 0.277 e. The molecule has 3 rings (SSSR count). The summed E-state index contributed by atoms with van der Waals surface area (Å²) in [5, 5.41) is 0. The minimum absolute atomic E-state index is 0.0618. The summed E-state index contributed by atoms with van der Waals surface area (Å²) in [7, 11) is 0. The van der Waals surface area contributed by atoms with Crippen LogP contribution in [-0.2, 0) is 0 Å². The molecule has 0 fully saturated rings. The third-order valence-electron chi connectivity index (χ3n) is 2.82. The monoisotopic (exact) mass is 273 g/mol. The lowest BCUT2D eigenvalue weighted by Gasteiger charge is -2.09. The number of carbonyl (C=O) groups excluding carboxylic acids is 1. The molecule has 1 aliphatic heterocycles. The molecule has 19 heavy (non-hydrogen) atoms. The quantitative estimate of drug-likeness (QED) is 0.745. The number of hydrogen-bond acceptors (Lipinski definition) is 5. The molecule has 3 heterocycles. The van der Waals surface area contributed by atoms with Crippen LogP contribution in [0.5, 0.6) is 0 Å². The lowest BCUT2D eigenvalue weighted by atomic mass is 10.2. The summed E-state index contributed by atoms with van der Waals surface area (Å²) in [4.78, 5) is 33.0. The summed E-state index contributed by atoms with van der Waals surface area (Å²) in [6.45, 7) is 1.87. The molecule has 5 nitrogen and oxygen atoms in total. The van der Waals surface area contributed by atoms with E-state index < -0.39 is 0 Å². The van der Waals surface area contributed by atoms with Crippen molar-refractivity contribution in [3.63, 3.8) is 0 Å². The van der Waals surface area contributed by atoms with Gasteiger partial charge in [-0.05, 0) is 25.1 Å². The number of hydrogen-bond donors (Lipinski definition) is 0. The van der Waals surface area contributed by atoms with E-state index in [1.165, 1.54) is 15.9 Å². The summed E-state index contributed by atoms with van der Waals surface area (Å²) < 4.78 is 1.65. The normalized spacial score (nSPS) is 19.1. The summed E-state index contributed by atoms with van der Waals surface area (Å²) in [5.41, 5.74) is 0.394. The van der Waals surface area contributed by atoms with Gasteiger partial charge in [0.2, 0.25) is 5.91 Å². The van der Waals surface area contributed by atoms with Crippen LogP contribution in [0.3, 0.4) is 0 Å². The Labute approximate surface area is 112 Å². The Hall–Kier alpha value is -2.08. The van der Waals surface area contributed by atoms with Crippen molar-refractivity contribution in [2.75, 3.05) is 0 Å². The molecule has 2 aromatic heterocycles. The molecule has 0 bridgehead atoms. The van der Waals surface area contributed by atoms with Crippen molar-refractivity contribution < 1.29 is 4.79 Å². The van der Waals surface area contributed by atoms with Crippen LogP contribution in [0.2, 0.25) is 0 Å². The van der Waals surface area contributed by atoms with Crippen molar-refractivity contribution in [1.82, 2.24) is 9.55 Å². The van der Waals surface area contributed by atoms with Crippen LogP contribution in [0.4, 0.5) is 0 Å². The van der Waals surface area contributed by atoms with E-state index in [9.17, 15) is 9.59 Å². The molecule has 0 amide bonds. The summed E-state index contributed by atoms with van der Waals surface area (Å²) >= 11 is 1.23. The van der Waals surface area contributed by atoms with Gasteiger partial charge in [0.25, 0.3) is 5.56 Å². The predicted octanol–water partition coefficient (Wildman–Crippen LogP) is 0.186. The molecule has 1 unspecified atom stereocenters. The number of rotatable bonds is 1. The Morgan fingerprint density at radius 1 is 1.42 bits per heavy atom. The van der Waals surface area contributed by atoms with Crippen molar-refractivity contribution in [1.29, 1.82) is 0 Å². The van der Waals surface area contributed by atoms with Crippen LogP contribution < -0.4 is 14.9 Å². The second kappa shape index (κ2) is 4.55. The van der Waals surface area contributed by atoms with E-state index in [4.69, 9.17) is 0 Å². The number of pyridine rings is 1. The van der Waals surface area contributed by atoms with E-state index in [-0.39, 0.29) is 23.9 Å². The molecule has 0 saturated carbocycles. The highest BCUT2D eigenvalue weighted by Gasteiger charge is 2.20. The first-order valence-corrected chi connectivity index (χ1v) is 6.72. The zero-order chi connectivity index (χ0) is 13.4. The van der Waals surface area contributed by atoms with Gasteiger partial charge in [-0.25, -0.2) is 4.57 Å². The SMILES string of the molecule is CC1CC(=O)n2c(sc(=Cc3ccccn3)c2=O)=N1. The molecule has 1 aliphatic rings. The maximum Gasteiger partial charge on any atom is 0.277 e. The molecule has 1 atom stereocenters. The molecular weight excluding hydrogens is 262 g/mol. The maximum atomic E-state index is 12.2. The third kappa shape index (κ3) is 2.15. The van der Waals surface area contributed by atoms with Gasteiger partial charge in [-0.15, -0.1) is 0 Å². The van der Waals surface area contributed by atoms with Gasteiger partial charge in [0.1, 0.15) is 0 Å². The summed E-state index contributed by atoms with van der Waals surface area (Å²) in [6.07, 6.45) is 3.63. The highest BCUT2D eigenvalue weighted by Crippen LogP contribution is 2.02.